The summed E-state index contributed by atoms with van der Waals surface area (Å²) in [6.07, 6.45) is 0. The maximum atomic E-state index is 12.3. The third-order valence-corrected chi connectivity index (χ3v) is 3.47. The minimum Gasteiger partial charge on any atom is -0.497 e. The Kier molecular flexibility index (Phi) is 2.12. The molecule has 20 heavy (non-hydrogen) atoms. The topological polar surface area (TPSA) is 59.4 Å². The first kappa shape index (κ1) is 11.0. The number of aromatic amines is 1. The predicted octanol–water partition coefficient (Wildman–Crippen LogP) is 2.34. The van der Waals surface area contributed by atoms with Crippen LogP contribution in [0.1, 0.15) is 0 Å². The van der Waals surface area contributed by atoms with Gasteiger partial charge in [-0.2, -0.15) is 0 Å². The van der Waals surface area contributed by atoms with Gasteiger partial charge in [-0.05, 0) is 24.3 Å². The summed E-state index contributed by atoms with van der Waals surface area (Å²) in [6, 6.07) is 13.2. The number of benzene rings is 2. The van der Waals surface area contributed by atoms with E-state index in [-0.39, 0.29) is 5.69 Å². The molecule has 4 aromatic rings. The lowest BCUT2D eigenvalue weighted by Gasteiger charge is -2.03. The predicted molar refractivity (Wildman–Crippen MR) is 77.4 cm³/mol. The molecule has 0 atom stereocenters. The molecule has 0 unspecified atom stereocenters. The molecule has 0 aliphatic carbocycles. The largest absolute Gasteiger partial charge is 0.497 e. The molecule has 0 aliphatic heterocycles. The summed E-state index contributed by atoms with van der Waals surface area (Å²) in [5.41, 5.74) is 2.79. The van der Waals surface area contributed by atoms with Gasteiger partial charge in [0.25, 0.3) is 0 Å². The van der Waals surface area contributed by atoms with Crippen LogP contribution in [-0.4, -0.2) is 21.5 Å². The third-order valence-electron chi connectivity index (χ3n) is 3.47. The lowest BCUT2D eigenvalue weighted by molar-refractivity contribution is 0.415. The SMILES string of the molecule is COc1ccc2c(c1)[nH]c(=O)n1c3ccccc3nc21. The molecule has 0 saturated heterocycles. The van der Waals surface area contributed by atoms with Crippen molar-refractivity contribution in [3.63, 3.8) is 0 Å². The molecule has 0 radical (unpaired) electrons. The molecule has 2 heterocycles. The zero-order valence-corrected chi connectivity index (χ0v) is 10.8. The average molecular weight is 265 g/mol. The van der Waals surface area contributed by atoms with E-state index in [1.807, 2.05) is 36.4 Å². The fourth-order valence-electron chi connectivity index (χ4n) is 2.53. The number of nitrogens with zero attached hydrogens (tertiary/aromatic N) is 2. The van der Waals surface area contributed by atoms with Crippen molar-refractivity contribution in [3.05, 3.63) is 52.9 Å². The Morgan fingerprint density at radius 2 is 2.05 bits per heavy atom. The summed E-state index contributed by atoms with van der Waals surface area (Å²) >= 11 is 0. The van der Waals surface area contributed by atoms with E-state index in [1.54, 1.807) is 17.6 Å². The average Bonchev–Trinajstić information content (AvgIpc) is 2.86. The molecule has 5 nitrogen and oxygen atoms in total. The smallest absolute Gasteiger partial charge is 0.332 e. The number of imidazole rings is 1. The van der Waals surface area contributed by atoms with Crippen molar-refractivity contribution in [2.45, 2.75) is 0 Å². The Morgan fingerprint density at radius 3 is 2.90 bits per heavy atom. The van der Waals surface area contributed by atoms with Gasteiger partial charge in [-0.1, -0.05) is 12.1 Å². The molecule has 2 aromatic heterocycles. The Bertz CT molecular complexity index is 1010. The Hall–Kier alpha value is -2.82. The van der Waals surface area contributed by atoms with E-state index in [2.05, 4.69) is 9.97 Å². The number of nitrogens with one attached hydrogen (secondary N) is 1. The van der Waals surface area contributed by atoms with Crippen molar-refractivity contribution in [3.8, 4) is 5.75 Å². The molecule has 0 bridgehead atoms. The fourth-order valence-corrected chi connectivity index (χ4v) is 2.53. The van der Waals surface area contributed by atoms with Crippen LogP contribution in [0.3, 0.4) is 0 Å². The van der Waals surface area contributed by atoms with Crippen LogP contribution in [0.25, 0.3) is 27.6 Å². The van der Waals surface area contributed by atoms with E-state index in [0.717, 1.165) is 21.9 Å². The number of hydrogen-bond donors (Lipinski definition) is 1. The van der Waals surface area contributed by atoms with Crippen LogP contribution < -0.4 is 10.4 Å². The zero-order chi connectivity index (χ0) is 13.7. The molecule has 2 aromatic carbocycles. The summed E-state index contributed by atoms with van der Waals surface area (Å²) in [5, 5.41) is 0.890. The van der Waals surface area contributed by atoms with Crippen LogP contribution in [0.2, 0.25) is 0 Å². The highest BCUT2D eigenvalue weighted by Gasteiger charge is 2.11. The number of hydrogen-bond acceptors (Lipinski definition) is 3. The van der Waals surface area contributed by atoms with E-state index in [0.29, 0.717) is 11.4 Å². The van der Waals surface area contributed by atoms with E-state index < -0.39 is 0 Å². The number of rotatable bonds is 1. The second-order valence-corrected chi connectivity index (χ2v) is 4.60. The molecular weight excluding hydrogens is 254 g/mol. The van der Waals surface area contributed by atoms with Gasteiger partial charge in [-0.3, -0.25) is 0 Å². The van der Waals surface area contributed by atoms with Crippen LogP contribution in [0.4, 0.5) is 0 Å². The lowest BCUT2D eigenvalue weighted by Crippen LogP contribution is -2.15. The van der Waals surface area contributed by atoms with Crippen molar-refractivity contribution in [1.29, 1.82) is 0 Å². The Morgan fingerprint density at radius 1 is 1.20 bits per heavy atom. The van der Waals surface area contributed by atoms with Crippen LogP contribution in [0.15, 0.2) is 47.3 Å². The van der Waals surface area contributed by atoms with Crippen LogP contribution >= 0.6 is 0 Å². The molecule has 1 N–H and O–H groups in total. The molecule has 0 spiro atoms. The van der Waals surface area contributed by atoms with Crippen molar-refractivity contribution in [2.24, 2.45) is 0 Å². The third kappa shape index (κ3) is 1.37. The number of H-pyrrole nitrogens is 1. The number of para-hydroxylation sites is 2. The molecule has 0 saturated carbocycles. The minimum atomic E-state index is -0.200. The highest BCUT2D eigenvalue weighted by atomic mass is 16.5. The minimum absolute atomic E-state index is 0.200. The summed E-state index contributed by atoms with van der Waals surface area (Å²) in [4.78, 5) is 19.7. The van der Waals surface area contributed by atoms with Crippen molar-refractivity contribution >= 4 is 27.6 Å². The van der Waals surface area contributed by atoms with E-state index >= 15 is 0 Å². The van der Waals surface area contributed by atoms with Crippen LogP contribution in [0.5, 0.6) is 5.75 Å². The lowest BCUT2D eigenvalue weighted by atomic mass is 10.2. The molecule has 98 valence electrons. The molecule has 0 fully saturated rings. The van der Waals surface area contributed by atoms with Crippen molar-refractivity contribution < 1.29 is 4.74 Å². The zero-order valence-electron chi connectivity index (χ0n) is 10.8. The first-order chi connectivity index (χ1) is 9.78. The van der Waals surface area contributed by atoms with Crippen LogP contribution in [0, 0.1) is 0 Å². The number of aromatic nitrogens is 3. The van der Waals surface area contributed by atoms with Gasteiger partial charge in [0.2, 0.25) is 0 Å². The first-order valence-electron chi connectivity index (χ1n) is 6.25. The maximum absolute atomic E-state index is 12.3. The highest BCUT2D eigenvalue weighted by Crippen LogP contribution is 2.23. The van der Waals surface area contributed by atoms with Gasteiger partial charge in [-0.15, -0.1) is 0 Å². The van der Waals surface area contributed by atoms with E-state index in [4.69, 9.17) is 4.74 Å². The summed E-state index contributed by atoms with van der Waals surface area (Å²) in [6.45, 7) is 0. The van der Waals surface area contributed by atoms with Crippen molar-refractivity contribution in [1.82, 2.24) is 14.4 Å². The standard InChI is InChI=1S/C15H11N3O2/c1-20-9-6-7-10-12(8-9)17-15(19)18-13-5-3-2-4-11(13)16-14(10)18/h2-8H,1H3,(H,17,19). The highest BCUT2D eigenvalue weighted by molar-refractivity contribution is 5.96. The van der Waals surface area contributed by atoms with E-state index in [1.165, 1.54) is 0 Å². The Labute approximate surface area is 113 Å². The van der Waals surface area contributed by atoms with Gasteiger partial charge in [0.1, 0.15) is 5.75 Å². The van der Waals surface area contributed by atoms with Gasteiger partial charge in [0.05, 0.1) is 23.7 Å². The fraction of sp³-hybridized carbons (Fsp3) is 0.0667. The molecule has 5 heteroatoms. The molecule has 0 aliphatic rings. The van der Waals surface area contributed by atoms with E-state index in [9.17, 15) is 4.79 Å². The number of ether oxygens (including phenoxy) is 1. The molecule has 4 rings (SSSR count). The number of fused-ring (bicyclic) bond motifs is 5. The second-order valence-electron chi connectivity index (χ2n) is 4.60. The quantitative estimate of drug-likeness (QED) is 0.574. The van der Waals surface area contributed by atoms with Gasteiger partial charge in [0.15, 0.2) is 5.65 Å². The number of methoxy groups -OCH3 is 1. The summed E-state index contributed by atoms with van der Waals surface area (Å²) < 4.78 is 6.79. The van der Waals surface area contributed by atoms with Gasteiger partial charge in [0, 0.05) is 11.5 Å². The monoisotopic (exact) mass is 265 g/mol. The van der Waals surface area contributed by atoms with Gasteiger partial charge in [-0.25, -0.2) is 14.2 Å². The maximum Gasteiger partial charge on any atom is 0.332 e. The molecule has 0 amide bonds. The van der Waals surface area contributed by atoms with Crippen LogP contribution in [-0.2, 0) is 0 Å². The van der Waals surface area contributed by atoms with Gasteiger partial charge < -0.3 is 9.72 Å². The van der Waals surface area contributed by atoms with Gasteiger partial charge >= 0.3 is 5.69 Å². The summed E-state index contributed by atoms with van der Waals surface area (Å²) in [7, 11) is 1.60. The summed E-state index contributed by atoms with van der Waals surface area (Å²) in [5.74, 6) is 0.702. The first-order valence-corrected chi connectivity index (χ1v) is 6.25. The normalized spacial score (nSPS) is 11.4. The second kappa shape index (κ2) is 3.84. The molecular formula is C15H11N3O2. The van der Waals surface area contributed by atoms with Crippen molar-refractivity contribution in [2.75, 3.05) is 7.11 Å². The Balaban J connectivity index is 2.27.